The molecule has 0 aliphatic carbocycles. The molecule has 1 aromatic carbocycles. The van der Waals surface area contributed by atoms with Crippen molar-refractivity contribution in [1.82, 2.24) is 10.6 Å². The van der Waals surface area contributed by atoms with Crippen molar-refractivity contribution in [2.45, 2.75) is 45.8 Å². The third-order valence-electron chi connectivity index (χ3n) is 3.20. The highest BCUT2D eigenvalue weighted by Crippen LogP contribution is 2.15. The molecule has 0 radical (unpaired) electrons. The zero-order chi connectivity index (χ0) is 17.2. The second kappa shape index (κ2) is 11.7. The maximum absolute atomic E-state index is 11.6. The number of hydrogen-bond acceptors (Lipinski definition) is 4. The van der Waals surface area contributed by atoms with Gasteiger partial charge in [-0.05, 0) is 51.3 Å². The molecule has 6 nitrogen and oxygen atoms in total. The fourth-order valence-electron chi connectivity index (χ4n) is 2.04. The highest BCUT2D eigenvalue weighted by Gasteiger charge is 2.09. The zero-order valence-corrected chi connectivity index (χ0v) is 15.3. The molecule has 0 fully saturated rings. The summed E-state index contributed by atoms with van der Waals surface area (Å²) in [7, 11) is 0. The number of hydrogen-bond donors (Lipinski definition) is 3. The molecule has 1 aromatic rings. The van der Waals surface area contributed by atoms with Gasteiger partial charge in [0.1, 0.15) is 5.75 Å². The lowest BCUT2D eigenvalue weighted by molar-refractivity contribution is -0.125. The molecule has 136 valence electrons. The number of carbonyl (C=O) groups excluding carboxylic acids is 2. The van der Waals surface area contributed by atoms with Crippen molar-refractivity contribution in [3.8, 4) is 5.75 Å². The minimum Gasteiger partial charge on any atom is -0.491 e. The molecule has 0 spiro atoms. The van der Waals surface area contributed by atoms with Gasteiger partial charge in [-0.15, -0.1) is 12.4 Å². The molecule has 1 atom stereocenters. The zero-order valence-electron chi connectivity index (χ0n) is 14.5. The summed E-state index contributed by atoms with van der Waals surface area (Å²) in [6.07, 6.45) is 1.84. The Morgan fingerprint density at radius 1 is 1.12 bits per heavy atom. The standard InChI is InChI=1S/C17H27N3O3.ClH/c1-12(2)23-15-8-6-14(7-9-15)5-4-13(3)20-17(22)11-19-16(21)10-18;/h6-9,12-13H,4-5,10-11,18H2,1-3H3,(H,19,21)(H,20,22);1H. The fraction of sp³-hybridized carbons (Fsp3) is 0.529. The summed E-state index contributed by atoms with van der Waals surface area (Å²) < 4.78 is 5.60. The fourth-order valence-corrected chi connectivity index (χ4v) is 2.04. The van der Waals surface area contributed by atoms with Crippen molar-refractivity contribution in [2.75, 3.05) is 13.1 Å². The lowest BCUT2D eigenvalue weighted by atomic mass is 10.1. The molecule has 0 aromatic heterocycles. The van der Waals surface area contributed by atoms with E-state index in [2.05, 4.69) is 10.6 Å². The predicted molar refractivity (Wildman–Crippen MR) is 97.4 cm³/mol. The summed E-state index contributed by atoms with van der Waals surface area (Å²) in [4.78, 5) is 22.6. The van der Waals surface area contributed by atoms with Gasteiger partial charge in [-0.1, -0.05) is 12.1 Å². The monoisotopic (exact) mass is 357 g/mol. The number of benzene rings is 1. The van der Waals surface area contributed by atoms with Crippen LogP contribution in [0, 0.1) is 0 Å². The number of aryl methyl sites for hydroxylation is 1. The SMILES string of the molecule is CC(CCc1ccc(OC(C)C)cc1)NC(=O)CNC(=O)CN.Cl. The largest absolute Gasteiger partial charge is 0.491 e. The maximum atomic E-state index is 11.6. The lowest BCUT2D eigenvalue weighted by Crippen LogP contribution is -2.42. The Morgan fingerprint density at radius 3 is 2.29 bits per heavy atom. The van der Waals surface area contributed by atoms with E-state index in [0.29, 0.717) is 0 Å². The molecule has 0 saturated heterocycles. The number of nitrogens with one attached hydrogen (secondary N) is 2. The molecule has 24 heavy (non-hydrogen) atoms. The van der Waals surface area contributed by atoms with Gasteiger partial charge in [-0.2, -0.15) is 0 Å². The van der Waals surface area contributed by atoms with E-state index in [1.165, 1.54) is 5.56 Å². The van der Waals surface area contributed by atoms with Crippen LogP contribution in [0.5, 0.6) is 5.75 Å². The van der Waals surface area contributed by atoms with Gasteiger partial charge in [0.05, 0.1) is 19.2 Å². The first-order valence-electron chi connectivity index (χ1n) is 7.92. The third-order valence-corrected chi connectivity index (χ3v) is 3.20. The molecule has 0 saturated carbocycles. The molecule has 7 heteroatoms. The van der Waals surface area contributed by atoms with Gasteiger partial charge >= 0.3 is 0 Å². The molecule has 0 bridgehead atoms. The van der Waals surface area contributed by atoms with Crippen molar-refractivity contribution in [1.29, 1.82) is 0 Å². The molecule has 0 aliphatic rings. The van der Waals surface area contributed by atoms with Crippen LogP contribution in [-0.4, -0.2) is 37.0 Å². The van der Waals surface area contributed by atoms with Gasteiger partial charge in [-0.25, -0.2) is 0 Å². The topological polar surface area (TPSA) is 93.5 Å². The summed E-state index contributed by atoms with van der Waals surface area (Å²) in [5.74, 6) is 0.317. The van der Waals surface area contributed by atoms with E-state index in [1.54, 1.807) is 0 Å². The highest BCUT2D eigenvalue weighted by molar-refractivity contribution is 5.85. The van der Waals surface area contributed by atoms with Crippen molar-refractivity contribution in [3.05, 3.63) is 29.8 Å². The smallest absolute Gasteiger partial charge is 0.239 e. The summed E-state index contributed by atoms with van der Waals surface area (Å²) in [6, 6.07) is 8.02. The first-order chi connectivity index (χ1) is 10.9. The molecular formula is C17H28ClN3O3. The Kier molecular flexibility index (Phi) is 10.8. The Labute approximate surface area is 149 Å². The summed E-state index contributed by atoms with van der Waals surface area (Å²) in [6.45, 7) is 5.78. The van der Waals surface area contributed by atoms with Crippen LogP contribution in [-0.2, 0) is 16.0 Å². The molecule has 2 amide bonds. The van der Waals surface area contributed by atoms with Crippen LogP contribution in [0.1, 0.15) is 32.8 Å². The summed E-state index contributed by atoms with van der Waals surface area (Å²) in [5, 5.41) is 5.29. The number of ether oxygens (including phenoxy) is 1. The van der Waals surface area contributed by atoms with Crippen LogP contribution in [0.4, 0.5) is 0 Å². The highest BCUT2D eigenvalue weighted by atomic mass is 35.5. The van der Waals surface area contributed by atoms with Gasteiger partial charge in [0.15, 0.2) is 0 Å². The van der Waals surface area contributed by atoms with Gasteiger partial charge in [0.2, 0.25) is 11.8 Å². The number of rotatable bonds is 9. The van der Waals surface area contributed by atoms with Crippen LogP contribution in [0.2, 0.25) is 0 Å². The van der Waals surface area contributed by atoms with Gasteiger partial charge in [0.25, 0.3) is 0 Å². The van der Waals surface area contributed by atoms with Gasteiger partial charge in [0, 0.05) is 6.04 Å². The van der Waals surface area contributed by atoms with Gasteiger partial charge in [-0.3, -0.25) is 9.59 Å². The van der Waals surface area contributed by atoms with Gasteiger partial charge < -0.3 is 21.1 Å². The number of carbonyl (C=O) groups is 2. The van der Waals surface area contributed by atoms with E-state index >= 15 is 0 Å². The van der Waals surface area contributed by atoms with E-state index < -0.39 is 0 Å². The molecular weight excluding hydrogens is 330 g/mol. The summed E-state index contributed by atoms with van der Waals surface area (Å²) in [5.41, 5.74) is 6.35. The number of amides is 2. The number of halogens is 1. The van der Waals surface area contributed by atoms with Crippen LogP contribution >= 0.6 is 12.4 Å². The second-order valence-corrected chi connectivity index (χ2v) is 5.80. The Hall–Kier alpha value is -1.79. The van der Waals surface area contributed by atoms with E-state index in [9.17, 15) is 9.59 Å². The first kappa shape index (κ1) is 22.2. The van der Waals surface area contributed by atoms with Crippen LogP contribution < -0.4 is 21.1 Å². The van der Waals surface area contributed by atoms with Crippen molar-refractivity contribution in [2.24, 2.45) is 5.73 Å². The average Bonchev–Trinajstić information content (AvgIpc) is 2.51. The van der Waals surface area contributed by atoms with Crippen molar-refractivity contribution < 1.29 is 14.3 Å². The average molecular weight is 358 g/mol. The van der Waals surface area contributed by atoms with E-state index in [4.69, 9.17) is 10.5 Å². The van der Waals surface area contributed by atoms with E-state index in [1.807, 2.05) is 45.0 Å². The molecule has 1 unspecified atom stereocenters. The molecule has 0 aliphatic heterocycles. The van der Waals surface area contributed by atoms with E-state index in [-0.39, 0.29) is 49.5 Å². The Morgan fingerprint density at radius 2 is 1.75 bits per heavy atom. The quantitative estimate of drug-likeness (QED) is 0.623. The maximum Gasteiger partial charge on any atom is 0.239 e. The van der Waals surface area contributed by atoms with Crippen LogP contribution in [0.3, 0.4) is 0 Å². The Bertz CT molecular complexity index is 506. The molecule has 4 N–H and O–H groups in total. The Balaban J connectivity index is 0.00000529. The van der Waals surface area contributed by atoms with Crippen LogP contribution in [0.25, 0.3) is 0 Å². The normalized spacial score (nSPS) is 11.4. The minimum absolute atomic E-state index is 0. The predicted octanol–water partition coefficient (Wildman–Crippen LogP) is 1.41. The second-order valence-electron chi connectivity index (χ2n) is 5.80. The minimum atomic E-state index is -0.337. The van der Waals surface area contributed by atoms with Crippen LogP contribution in [0.15, 0.2) is 24.3 Å². The molecule has 1 rings (SSSR count). The summed E-state index contributed by atoms with van der Waals surface area (Å²) >= 11 is 0. The van der Waals surface area contributed by atoms with E-state index in [0.717, 1.165) is 18.6 Å². The number of nitrogens with two attached hydrogens (primary N) is 1. The lowest BCUT2D eigenvalue weighted by Gasteiger charge is -2.14. The first-order valence-corrected chi connectivity index (χ1v) is 7.92. The van der Waals surface area contributed by atoms with Crippen molar-refractivity contribution in [3.63, 3.8) is 0 Å². The van der Waals surface area contributed by atoms with Crippen molar-refractivity contribution >= 4 is 24.2 Å². The third kappa shape index (κ3) is 9.37. The molecule has 0 heterocycles.